The van der Waals surface area contributed by atoms with Crippen molar-refractivity contribution < 1.29 is 9.59 Å². The van der Waals surface area contributed by atoms with Crippen molar-refractivity contribution in [2.24, 2.45) is 0 Å². The Labute approximate surface area is 254 Å². The molecule has 0 radical (unpaired) electrons. The van der Waals surface area contributed by atoms with Crippen molar-refractivity contribution in [1.82, 2.24) is 10.2 Å². The molecular weight excluding hydrogens is 594 g/mol. The van der Waals surface area contributed by atoms with E-state index in [1.807, 2.05) is 36.4 Å². The van der Waals surface area contributed by atoms with E-state index in [1.165, 1.54) is 11.8 Å². The second-order valence-corrected chi connectivity index (χ2v) is 12.3. The van der Waals surface area contributed by atoms with Crippen LogP contribution in [0.25, 0.3) is 0 Å². The SMILES string of the molecule is O=C(NC1CCCC1)C(Cc1ccccc1)N(Cc1ccc(Cl)c(Cl)c1)C(=O)CSCc1c(Cl)cccc1Cl. The molecule has 0 bridgehead atoms. The fraction of sp³-hybridized carbons (Fsp3) is 0.333. The summed E-state index contributed by atoms with van der Waals surface area (Å²) in [5.74, 6) is 0.336. The Morgan fingerprint density at radius 2 is 1.54 bits per heavy atom. The number of carbonyl (C=O) groups excluding carboxylic acids is 2. The highest BCUT2D eigenvalue weighted by atomic mass is 35.5. The number of nitrogens with one attached hydrogen (secondary N) is 1. The van der Waals surface area contributed by atoms with Crippen molar-refractivity contribution >= 4 is 70.0 Å². The first-order valence-corrected chi connectivity index (χ1v) is 15.6. The van der Waals surface area contributed by atoms with Gasteiger partial charge in [-0.15, -0.1) is 11.8 Å². The molecule has 1 aliphatic rings. The summed E-state index contributed by atoms with van der Waals surface area (Å²) in [5, 5.41) is 5.18. The van der Waals surface area contributed by atoms with Crippen LogP contribution in [0.1, 0.15) is 42.4 Å². The van der Waals surface area contributed by atoms with Gasteiger partial charge in [-0.25, -0.2) is 0 Å². The molecule has 0 saturated heterocycles. The Hall–Kier alpha value is -1.89. The van der Waals surface area contributed by atoms with E-state index in [2.05, 4.69) is 5.32 Å². The van der Waals surface area contributed by atoms with Crippen LogP contribution in [0.4, 0.5) is 0 Å². The van der Waals surface area contributed by atoms with E-state index >= 15 is 0 Å². The van der Waals surface area contributed by atoms with Gasteiger partial charge in [0.25, 0.3) is 0 Å². The molecule has 0 heterocycles. The summed E-state index contributed by atoms with van der Waals surface area (Å²) < 4.78 is 0. The predicted octanol–water partition coefficient (Wildman–Crippen LogP) is 8.23. The second-order valence-electron chi connectivity index (χ2n) is 9.66. The molecule has 1 N–H and O–H groups in total. The average molecular weight is 624 g/mol. The highest BCUT2D eigenvalue weighted by Gasteiger charge is 2.32. The zero-order valence-corrected chi connectivity index (χ0v) is 25.2. The van der Waals surface area contributed by atoms with Gasteiger partial charge in [-0.05, 0) is 53.8 Å². The average Bonchev–Trinajstić information content (AvgIpc) is 3.43. The zero-order valence-electron chi connectivity index (χ0n) is 21.3. The van der Waals surface area contributed by atoms with Gasteiger partial charge in [0.05, 0.1) is 15.8 Å². The number of amides is 2. The van der Waals surface area contributed by atoms with E-state index in [9.17, 15) is 9.59 Å². The van der Waals surface area contributed by atoms with Crippen molar-refractivity contribution in [3.8, 4) is 0 Å². The summed E-state index contributed by atoms with van der Waals surface area (Å²) in [4.78, 5) is 29.2. The van der Waals surface area contributed by atoms with Crippen LogP contribution in [-0.2, 0) is 28.3 Å². The van der Waals surface area contributed by atoms with Crippen molar-refractivity contribution in [3.05, 3.63) is 104 Å². The molecular formula is C30H30Cl4N2O2S. The minimum absolute atomic E-state index is 0.134. The summed E-state index contributed by atoms with van der Waals surface area (Å²) in [6.45, 7) is 0.221. The van der Waals surface area contributed by atoms with E-state index in [0.29, 0.717) is 32.3 Å². The van der Waals surface area contributed by atoms with E-state index in [0.717, 1.165) is 42.4 Å². The molecule has 39 heavy (non-hydrogen) atoms. The van der Waals surface area contributed by atoms with Crippen LogP contribution in [0.3, 0.4) is 0 Å². The lowest BCUT2D eigenvalue weighted by Gasteiger charge is -2.32. The summed E-state index contributed by atoms with van der Waals surface area (Å²) >= 11 is 26.5. The highest BCUT2D eigenvalue weighted by molar-refractivity contribution is 7.99. The topological polar surface area (TPSA) is 49.4 Å². The van der Waals surface area contributed by atoms with Gasteiger partial charge in [0, 0.05) is 34.8 Å². The lowest BCUT2D eigenvalue weighted by molar-refractivity contribution is -0.139. The lowest BCUT2D eigenvalue weighted by Crippen LogP contribution is -2.52. The molecule has 1 saturated carbocycles. The minimum atomic E-state index is -0.695. The van der Waals surface area contributed by atoms with Gasteiger partial charge in [-0.3, -0.25) is 9.59 Å². The van der Waals surface area contributed by atoms with Gasteiger partial charge < -0.3 is 10.2 Å². The highest BCUT2D eigenvalue weighted by Crippen LogP contribution is 2.29. The third kappa shape index (κ3) is 8.55. The van der Waals surface area contributed by atoms with Gasteiger partial charge in [0.15, 0.2) is 0 Å². The molecule has 3 aromatic carbocycles. The smallest absolute Gasteiger partial charge is 0.243 e. The third-order valence-electron chi connectivity index (χ3n) is 6.84. The second kappa shape index (κ2) is 14.7. The molecule has 1 atom stereocenters. The van der Waals surface area contributed by atoms with E-state index in [-0.39, 0.29) is 30.2 Å². The summed E-state index contributed by atoms with van der Waals surface area (Å²) in [6.07, 6.45) is 4.51. The van der Waals surface area contributed by atoms with E-state index in [4.69, 9.17) is 46.4 Å². The van der Waals surface area contributed by atoms with Crippen molar-refractivity contribution in [2.45, 2.75) is 56.5 Å². The Morgan fingerprint density at radius 1 is 0.846 bits per heavy atom. The maximum absolute atomic E-state index is 13.8. The first-order valence-electron chi connectivity index (χ1n) is 12.9. The molecule has 1 aliphatic carbocycles. The number of benzene rings is 3. The molecule has 0 aliphatic heterocycles. The molecule has 2 amide bonds. The number of hydrogen-bond donors (Lipinski definition) is 1. The first-order chi connectivity index (χ1) is 18.8. The molecule has 206 valence electrons. The molecule has 3 aromatic rings. The van der Waals surface area contributed by atoms with Gasteiger partial charge in [0.1, 0.15) is 6.04 Å². The molecule has 1 fully saturated rings. The number of halogens is 4. The van der Waals surface area contributed by atoms with Gasteiger partial charge in [0.2, 0.25) is 11.8 Å². The van der Waals surface area contributed by atoms with Gasteiger partial charge in [-0.2, -0.15) is 0 Å². The van der Waals surface area contributed by atoms with Gasteiger partial charge in [-0.1, -0.05) is 102 Å². The summed E-state index contributed by atoms with van der Waals surface area (Å²) in [5.41, 5.74) is 2.56. The number of hydrogen-bond acceptors (Lipinski definition) is 3. The van der Waals surface area contributed by atoms with Crippen LogP contribution in [-0.4, -0.2) is 34.6 Å². The maximum Gasteiger partial charge on any atom is 0.243 e. The minimum Gasteiger partial charge on any atom is -0.352 e. The lowest BCUT2D eigenvalue weighted by atomic mass is 10.0. The van der Waals surface area contributed by atoms with Crippen LogP contribution in [0.2, 0.25) is 20.1 Å². The van der Waals surface area contributed by atoms with Crippen molar-refractivity contribution in [3.63, 3.8) is 0 Å². The van der Waals surface area contributed by atoms with Gasteiger partial charge >= 0.3 is 0 Å². The number of thioether (sulfide) groups is 1. The standard InChI is InChI=1S/C30H30Cl4N2O2S/c31-24-11-6-12-25(32)23(24)18-39-19-29(37)36(17-21-13-14-26(33)27(34)15-21)28(16-20-7-2-1-3-8-20)30(38)35-22-9-4-5-10-22/h1-3,6-8,11-15,22,28H,4-5,9-10,16-19H2,(H,35,38). The Balaban J connectivity index is 1.59. The van der Waals surface area contributed by atoms with Crippen LogP contribution in [0, 0.1) is 0 Å². The number of nitrogens with zero attached hydrogens (tertiary/aromatic N) is 1. The predicted molar refractivity (Wildman–Crippen MR) is 164 cm³/mol. The Morgan fingerprint density at radius 3 is 2.21 bits per heavy atom. The number of rotatable bonds is 11. The molecule has 0 spiro atoms. The van der Waals surface area contributed by atoms with Crippen LogP contribution in [0.5, 0.6) is 0 Å². The third-order valence-corrected chi connectivity index (χ3v) is 9.23. The Kier molecular flexibility index (Phi) is 11.3. The first kappa shape index (κ1) is 30.1. The maximum atomic E-state index is 13.8. The Bertz CT molecular complexity index is 1260. The summed E-state index contributed by atoms with van der Waals surface area (Å²) in [6, 6.07) is 19.9. The van der Waals surface area contributed by atoms with Crippen molar-refractivity contribution in [1.29, 1.82) is 0 Å². The fourth-order valence-corrected chi connectivity index (χ4v) is 6.72. The quantitative estimate of drug-likeness (QED) is 0.234. The van der Waals surface area contributed by atoms with E-state index < -0.39 is 6.04 Å². The molecule has 4 nitrogen and oxygen atoms in total. The number of carbonyl (C=O) groups is 2. The molecule has 0 aromatic heterocycles. The zero-order chi connectivity index (χ0) is 27.8. The largest absolute Gasteiger partial charge is 0.352 e. The molecule has 1 unspecified atom stereocenters. The van der Waals surface area contributed by atoms with E-state index in [1.54, 1.807) is 35.2 Å². The molecule has 9 heteroatoms. The summed E-state index contributed by atoms with van der Waals surface area (Å²) in [7, 11) is 0. The normalized spacial score (nSPS) is 14.3. The van der Waals surface area contributed by atoms with Crippen LogP contribution in [0.15, 0.2) is 66.7 Å². The monoisotopic (exact) mass is 622 g/mol. The molecule has 4 rings (SSSR count). The van der Waals surface area contributed by atoms with Crippen LogP contribution >= 0.6 is 58.2 Å². The fourth-order valence-electron chi connectivity index (χ4n) is 4.75. The van der Waals surface area contributed by atoms with Crippen molar-refractivity contribution in [2.75, 3.05) is 5.75 Å². The van der Waals surface area contributed by atoms with Crippen LogP contribution < -0.4 is 5.32 Å².